The summed E-state index contributed by atoms with van der Waals surface area (Å²) in [5, 5.41) is 7.66. The summed E-state index contributed by atoms with van der Waals surface area (Å²) in [6.45, 7) is 0. The highest BCUT2D eigenvalue weighted by molar-refractivity contribution is 7.26. The van der Waals surface area contributed by atoms with E-state index in [2.05, 4.69) is 191 Å². The average molecular weight is 667 g/mol. The van der Waals surface area contributed by atoms with Crippen molar-refractivity contribution in [2.45, 2.75) is 0 Å². The lowest BCUT2D eigenvalue weighted by Gasteiger charge is -2.16. The largest absolute Gasteiger partial charge is 0.309 e. The Morgan fingerprint density at radius 1 is 0.333 bits per heavy atom. The highest BCUT2D eigenvalue weighted by Crippen LogP contribution is 2.47. The van der Waals surface area contributed by atoms with Crippen LogP contribution in [0.1, 0.15) is 0 Å². The molecular formula is C48H30N2S. The Balaban J connectivity index is 1.30. The van der Waals surface area contributed by atoms with Gasteiger partial charge in [-0.25, -0.2) is 0 Å². The Hall–Kier alpha value is -6.42. The first-order valence-electron chi connectivity index (χ1n) is 17.4. The second-order valence-electron chi connectivity index (χ2n) is 13.3. The van der Waals surface area contributed by atoms with Gasteiger partial charge in [0.15, 0.2) is 0 Å². The molecule has 51 heavy (non-hydrogen) atoms. The van der Waals surface area contributed by atoms with Crippen LogP contribution in [0.2, 0.25) is 0 Å². The third-order valence-corrected chi connectivity index (χ3v) is 11.6. The van der Waals surface area contributed by atoms with Crippen LogP contribution in [0.3, 0.4) is 0 Å². The molecular weight excluding hydrogens is 637 g/mol. The van der Waals surface area contributed by atoms with E-state index in [0.29, 0.717) is 0 Å². The van der Waals surface area contributed by atoms with Gasteiger partial charge in [0.2, 0.25) is 0 Å². The average Bonchev–Trinajstić information content (AvgIpc) is 3.86. The monoisotopic (exact) mass is 666 g/mol. The van der Waals surface area contributed by atoms with Crippen LogP contribution in [0.4, 0.5) is 0 Å². The van der Waals surface area contributed by atoms with Crippen LogP contribution in [-0.2, 0) is 0 Å². The molecule has 0 saturated carbocycles. The molecule has 3 heterocycles. The predicted octanol–water partition coefficient (Wildman–Crippen LogP) is 13.6. The molecule has 0 aliphatic heterocycles. The molecule has 11 aromatic rings. The number of benzene rings is 8. The molecule has 0 N–H and O–H groups in total. The number of hydrogen-bond acceptors (Lipinski definition) is 1. The van der Waals surface area contributed by atoms with E-state index in [1.807, 2.05) is 11.3 Å². The first-order chi connectivity index (χ1) is 25.3. The number of thiophene rings is 1. The summed E-state index contributed by atoms with van der Waals surface area (Å²) in [6.07, 6.45) is 0. The molecule has 3 aromatic heterocycles. The van der Waals surface area contributed by atoms with E-state index in [1.165, 1.54) is 86.0 Å². The molecule has 0 aliphatic rings. The van der Waals surface area contributed by atoms with Gasteiger partial charge >= 0.3 is 0 Å². The molecule has 0 bridgehead atoms. The van der Waals surface area contributed by atoms with Crippen LogP contribution in [0.15, 0.2) is 182 Å². The van der Waals surface area contributed by atoms with Gasteiger partial charge in [0.25, 0.3) is 0 Å². The fourth-order valence-corrected chi connectivity index (χ4v) is 9.57. The molecule has 0 aliphatic carbocycles. The second kappa shape index (κ2) is 11.0. The second-order valence-corrected chi connectivity index (χ2v) is 14.4. The molecule has 0 amide bonds. The van der Waals surface area contributed by atoms with E-state index >= 15 is 0 Å². The van der Waals surface area contributed by atoms with Gasteiger partial charge in [0.05, 0.1) is 22.1 Å². The standard InChI is InChI=1S/C48H30N2S/c1-3-15-32(16-4-1)49-42-26-10-7-19-35(42)37-23-13-22-34(47(37)49)31-29-41(46-40-21-9-12-28-44(40)51-45(46)30-31)39-25-14-24-38-36-20-8-11-27-43(36)50(48(38)39)33-17-5-2-6-18-33/h1-30H. The maximum atomic E-state index is 2.46. The Kier molecular flexibility index (Phi) is 6.16. The molecule has 0 spiro atoms. The van der Waals surface area contributed by atoms with Gasteiger partial charge in [-0.15, -0.1) is 11.3 Å². The quantitative estimate of drug-likeness (QED) is 0.177. The smallest absolute Gasteiger partial charge is 0.0619 e. The van der Waals surface area contributed by atoms with Gasteiger partial charge in [0.1, 0.15) is 0 Å². The minimum atomic E-state index is 1.16. The Morgan fingerprint density at radius 2 is 0.824 bits per heavy atom. The van der Waals surface area contributed by atoms with Crippen LogP contribution in [0.5, 0.6) is 0 Å². The fraction of sp³-hybridized carbons (Fsp3) is 0. The molecule has 0 atom stereocenters. The van der Waals surface area contributed by atoms with Gasteiger partial charge in [-0.05, 0) is 65.7 Å². The summed E-state index contributed by atoms with van der Waals surface area (Å²) < 4.78 is 7.50. The lowest BCUT2D eigenvalue weighted by Crippen LogP contribution is -1.96. The van der Waals surface area contributed by atoms with Crippen molar-refractivity contribution < 1.29 is 0 Å². The molecule has 238 valence electrons. The lowest BCUT2D eigenvalue weighted by atomic mass is 9.92. The minimum Gasteiger partial charge on any atom is -0.309 e. The van der Waals surface area contributed by atoms with Crippen molar-refractivity contribution in [2.24, 2.45) is 0 Å². The third kappa shape index (κ3) is 4.16. The number of hydrogen-bond donors (Lipinski definition) is 0. The van der Waals surface area contributed by atoms with Crippen LogP contribution in [0.25, 0.3) is 97.4 Å². The Labute approximate surface area is 298 Å². The van der Waals surface area contributed by atoms with Crippen LogP contribution in [-0.4, -0.2) is 9.13 Å². The molecule has 0 fully saturated rings. The number of rotatable bonds is 4. The van der Waals surface area contributed by atoms with E-state index in [4.69, 9.17) is 0 Å². The predicted molar refractivity (Wildman–Crippen MR) is 219 cm³/mol. The normalized spacial score (nSPS) is 11.9. The number of para-hydroxylation sites is 6. The summed E-state index contributed by atoms with van der Waals surface area (Å²) in [5.41, 5.74) is 12.1. The van der Waals surface area contributed by atoms with Crippen LogP contribution < -0.4 is 0 Å². The lowest BCUT2D eigenvalue weighted by molar-refractivity contribution is 1.18. The van der Waals surface area contributed by atoms with Crippen LogP contribution in [0, 0.1) is 0 Å². The van der Waals surface area contributed by atoms with Crippen molar-refractivity contribution in [1.82, 2.24) is 9.13 Å². The molecule has 0 radical (unpaired) electrons. The summed E-state index contributed by atoms with van der Waals surface area (Å²) in [7, 11) is 0. The van der Waals surface area contributed by atoms with Gasteiger partial charge in [0, 0.05) is 64.2 Å². The number of fused-ring (bicyclic) bond motifs is 9. The summed E-state index contributed by atoms with van der Waals surface area (Å²) in [6, 6.07) is 66.6. The first kappa shape index (κ1) is 28.4. The molecule has 2 nitrogen and oxygen atoms in total. The van der Waals surface area contributed by atoms with E-state index in [1.54, 1.807) is 0 Å². The van der Waals surface area contributed by atoms with Crippen molar-refractivity contribution in [1.29, 1.82) is 0 Å². The maximum absolute atomic E-state index is 2.46. The molecule has 3 heteroatoms. The van der Waals surface area contributed by atoms with Crippen molar-refractivity contribution >= 4 is 75.1 Å². The van der Waals surface area contributed by atoms with E-state index in [-0.39, 0.29) is 0 Å². The topological polar surface area (TPSA) is 9.86 Å². The molecule has 0 saturated heterocycles. The zero-order valence-electron chi connectivity index (χ0n) is 27.6. The summed E-state index contributed by atoms with van der Waals surface area (Å²) >= 11 is 1.89. The number of nitrogens with zero attached hydrogens (tertiary/aromatic N) is 2. The zero-order chi connectivity index (χ0) is 33.5. The Bertz CT molecular complexity index is 3130. The van der Waals surface area contributed by atoms with E-state index in [9.17, 15) is 0 Å². The first-order valence-corrected chi connectivity index (χ1v) is 18.3. The van der Waals surface area contributed by atoms with Crippen LogP contribution >= 0.6 is 11.3 Å². The Morgan fingerprint density at radius 3 is 1.45 bits per heavy atom. The molecule has 0 unspecified atom stereocenters. The molecule has 8 aromatic carbocycles. The van der Waals surface area contributed by atoms with Gasteiger partial charge < -0.3 is 9.13 Å². The minimum absolute atomic E-state index is 1.16. The van der Waals surface area contributed by atoms with Gasteiger partial charge in [-0.3, -0.25) is 0 Å². The highest BCUT2D eigenvalue weighted by atomic mass is 32.1. The summed E-state index contributed by atoms with van der Waals surface area (Å²) in [4.78, 5) is 0. The zero-order valence-corrected chi connectivity index (χ0v) is 28.4. The highest BCUT2D eigenvalue weighted by Gasteiger charge is 2.22. The molecule has 11 rings (SSSR count). The van der Waals surface area contributed by atoms with Crippen molar-refractivity contribution in [2.75, 3.05) is 0 Å². The maximum Gasteiger partial charge on any atom is 0.0619 e. The number of aromatic nitrogens is 2. The fourth-order valence-electron chi connectivity index (χ4n) is 8.40. The third-order valence-electron chi connectivity index (χ3n) is 10.5. The SMILES string of the molecule is c1ccc(-n2c3ccccc3c3cccc(-c4cc(-c5cccc6c7ccccc7n(-c7ccccc7)c56)c5c(c4)sc4ccccc45)c32)cc1. The van der Waals surface area contributed by atoms with Crippen molar-refractivity contribution in [3.63, 3.8) is 0 Å². The van der Waals surface area contributed by atoms with E-state index in [0.717, 1.165) is 11.4 Å². The van der Waals surface area contributed by atoms with Crippen molar-refractivity contribution in [3.8, 4) is 33.6 Å². The van der Waals surface area contributed by atoms with Gasteiger partial charge in [-0.1, -0.05) is 127 Å². The van der Waals surface area contributed by atoms with Gasteiger partial charge in [-0.2, -0.15) is 0 Å². The van der Waals surface area contributed by atoms with Crippen molar-refractivity contribution in [3.05, 3.63) is 182 Å². The van der Waals surface area contributed by atoms with E-state index < -0.39 is 0 Å². The summed E-state index contributed by atoms with van der Waals surface area (Å²) in [5.74, 6) is 0.